The highest BCUT2D eigenvalue weighted by Crippen LogP contribution is 2.22. The van der Waals surface area contributed by atoms with E-state index in [2.05, 4.69) is 0 Å². The average Bonchev–Trinajstić information content (AvgIpc) is 2.16. The Labute approximate surface area is 78.0 Å². The molecule has 1 aromatic carbocycles. The molecule has 13 heavy (non-hydrogen) atoms. The summed E-state index contributed by atoms with van der Waals surface area (Å²) in [5.41, 5.74) is 12.7. The monoisotopic (exact) mass is 178 g/mol. The first-order valence-corrected chi connectivity index (χ1v) is 4.08. The summed E-state index contributed by atoms with van der Waals surface area (Å²) in [5.74, 6) is 0.694. The van der Waals surface area contributed by atoms with E-state index < -0.39 is 0 Å². The molecule has 0 aliphatic carbocycles. The molecule has 0 heterocycles. The van der Waals surface area contributed by atoms with Gasteiger partial charge >= 0.3 is 0 Å². The Morgan fingerprint density at radius 3 is 2.85 bits per heavy atom. The lowest BCUT2D eigenvalue weighted by molar-refractivity contribution is 0.417. The summed E-state index contributed by atoms with van der Waals surface area (Å²) in [4.78, 5) is 0. The SMILES string of the molecule is COc1cc(C=CCN)ccc1N. The van der Waals surface area contributed by atoms with E-state index in [4.69, 9.17) is 16.2 Å². The van der Waals surface area contributed by atoms with E-state index in [1.807, 2.05) is 30.4 Å². The van der Waals surface area contributed by atoms with Gasteiger partial charge in [0.05, 0.1) is 12.8 Å². The molecule has 3 nitrogen and oxygen atoms in total. The number of nitrogen functional groups attached to an aromatic ring is 1. The predicted molar refractivity (Wildman–Crippen MR) is 55.5 cm³/mol. The van der Waals surface area contributed by atoms with Crippen LogP contribution in [0.25, 0.3) is 6.08 Å². The van der Waals surface area contributed by atoms with Gasteiger partial charge in [-0.05, 0) is 17.7 Å². The standard InChI is InChI=1S/C10H14N2O/c1-13-10-7-8(3-2-6-11)4-5-9(10)12/h2-5,7H,6,11-12H2,1H3. The lowest BCUT2D eigenvalue weighted by Crippen LogP contribution is -1.93. The van der Waals surface area contributed by atoms with Crippen molar-refractivity contribution in [2.45, 2.75) is 0 Å². The van der Waals surface area contributed by atoms with Gasteiger partial charge in [0.25, 0.3) is 0 Å². The van der Waals surface area contributed by atoms with Crippen molar-refractivity contribution in [1.82, 2.24) is 0 Å². The Morgan fingerprint density at radius 1 is 1.46 bits per heavy atom. The molecular weight excluding hydrogens is 164 g/mol. The average molecular weight is 178 g/mol. The fraction of sp³-hybridized carbons (Fsp3) is 0.200. The van der Waals surface area contributed by atoms with Crippen LogP contribution in [0.2, 0.25) is 0 Å². The second kappa shape index (κ2) is 4.52. The number of hydrogen-bond acceptors (Lipinski definition) is 3. The van der Waals surface area contributed by atoms with Gasteiger partial charge < -0.3 is 16.2 Å². The molecule has 0 saturated heterocycles. The zero-order chi connectivity index (χ0) is 9.68. The van der Waals surface area contributed by atoms with Crippen LogP contribution in [0.5, 0.6) is 5.75 Å². The lowest BCUT2D eigenvalue weighted by Gasteiger charge is -2.04. The van der Waals surface area contributed by atoms with Crippen LogP contribution in [-0.4, -0.2) is 13.7 Å². The summed E-state index contributed by atoms with van der Waals surface area (Å²) < 4.78 is 5.08. The van der Waals surface area contributed by atoms with Crippen molar-refractivity contribution >= 4 is 11.8 Å². The third kappa shape index (κ3) is 2.49. The maximum Gasteiger partial charge on any atom is 0.142 e. The van der Waals surface area contributed by atoms with E-state index in [9.17, 15) is 0 Å². The fourth-order valence-electron chi connectivity index (χ4n) is 1.04. The van der Waals surface area contributed by atoms with Gasteiger partial charge in [-0.25, -0.2) is 0 Å². The van der Waals surface area contributed by atoms with E-state index in [1.165, 1.54) is 0 Å². The molecule has 4 N–H and O–H groups in total. The highest BCUT2D eigenvalue weighted by molar-refractivity contribution is 5.61. The van der Waals surface area contributed by atoms with E-state index in [0.29, 0.717) is 18.0 Å². The second-order valence-corrected chi connectivity index (χ2v) is 2.64. The van der Waals surface area contributed by atoms with Crippen LogP contribution in [0.3, 0.4) is 0 Å². The van der Waals surface area contributed by atoms with Crippen molar-refractivity contribution in [3.63, 3.8) is 0 Å². The van der Waals surface area contributed by atoms with Gasteiger partial charge in [0.15, 0.2) is 0 Å². The van der Waals surface area contributed by atoms with Crippen molar-refractivity contribution in [1.29, 1.82) is 0 Å². The van der Waals surface area contributed by atoms with E-state index in [0.717, 1.165) is 5.56 Å². The zero-order valence-corrected chi connectivity index (χ0v) is 7.66. The first-order chi connectivity index (χ1) is 6.27. The van der Waals surface area contributed by atoms with Crippen molar-refractivity contribution in [2.24, 2.45) is 5.73 Å². The third-order valence-electron chi connectivity index (χ3n) is 1.70. The van der Waals surface area contributed by atoms with Crippen LogP contribution in [-0.2, 0) is 0 Å². The van der Waals surface area contributed by atoms with Crippen LogP contribution in [0.1, 0.15) is 5.56 Å². The molecule has 0 bridgehead atoms. The minimum atomic E-state index is 0.534. The number of anilines is 1. The molecule has 0 unspecified atom stereocenters. The van der Waals surface area contributed by atoms with Gasteiger partial charge in [-0.15, -0.1) is 0 Å². The summed E-state index contributed by atoms with van der Waals surface area (Å²) in [7, 11) is 1.60. The lowest BCUT2D eigenvalue weighted by atomic mass is 10.2. The van der Waals surface area contributed by atoms with Crippen LogP contribution < -0.4 is 16.2 Å². The maximum absolute atomic E-state index is 5.65. The molecule has 0 aromatic heterocycles. The number of benzene rings is 1. The number of nitrogens with two attached hydrogens (primary N) is 2. The van der Waals surface area contributed by atoms with Gasteiger partial charge in [-0.1, -0.05) is 18.2 Å². The van der Waals surface area contributed by atoms with Gasteiger partial charge in [0, 0.05) is 6.54 Å². The Bertz CT molecular complexity index is 308. The van der Waals surface area contributed by atoms with Crippen molar-refractivity contribution in [2.75, 3.05) is 19.4 Å². The second-order valence-electron chi connectivity index (χ2n) is 2.64. The van der Waals surface area contributed by atoms with Crippen molar-refractivity contribution < 1.29 is 4.74 Å². The summed E-state index contributed by atoms with van der Waals surface area (Å²) in [6, 6.07) is 5.61. The Kier molecular flexibility index (Phi) is 3.34. The molecule has 0 saturated carbocycles. The quantitative estimate of drug-likeness (QED) is 0.685. The zero-order valence-electron chi connectivity index (χ0n) is 7.66. The highest BCUT2D eigenvalue weighted by Gasteiger charge is 1.97. The van der Waals surface area contributed by atoms with Gasteiger partial charge in [0.1, 0.15) is 5.75 Å². The third-order valence-corrected chi connectivity index (χ3v) is 1.70. The smallest absolute Gasteiger partial charge is 0.142 e. The number of methoxy groups -OCH3 is 1. The number of hydrogen-bond donors (Lipinski definition) is 2. The molecule has 1 aromatic rings. The predicted octanol–water partition coefficient (Wildman–Crippen LogP) is 1.25. The summed E-state index contributed by atoms with van der Waals surface area (Å²) >= 11 is 0. The van der Waals surface area contributed by atoms with E-state index in [-0.39, 0.29) is 0 Å². The Balaban J connectivity index is 2.92. The summed E-state index contributed by atoms with van der Waals surface area (Å²) in [5, 5.41) is 0. The fourth-order valence-corrected chi connectivity index (χ4v) is 1.04. The topological polar surface area (TPSA) is 61.3 Å². The molecule has 0 spiro atoms. The molecule has 0 fully saturated rings. The largest absolute Gasteiger partial charge is 0.495 e. The van der Waals surface area contributed by atoms with Crippen molar-refractivity contribution in [3.05, 3.63) is 29.8 Å². The molecular formula is C10H14N2O. The molecule has 3 heteroatoms. The molecule has 0 aliphatic rings. The summed E-state index contributed by atoms with van der Waals surface area (Å²) in [6.07, 6.45) is 3.81. The molecule has 0 radical (unpaired) electrons. The van der Waals surface area contributed by atoms with Crippen molar-refractivity contribution in [3.8, 4) is 5.75 Å². The van der Waals surface area contributed by atoms with Crippen LogP contribution in [0, 0.1) is 0 Å². The minimum Gasteiger partial charge on any atom is -0.495 e. The highest BCUT2D eigenvalue weighted by atomic mass is 16.5. The van der Waals surface area contributed by atoms with E-state index in [1.54, 1.807) is 7.11 Å². The molecule has 1 rings (SSSR count). The minimum absolute atomic E-state index is 0.534. The van der Waals surface area contributed by atoms with Crippen LogP contribution >= 0.6 is 0 Å². The Hall–Kier alpha value is -1.48. The maximum atomic E-state index is 5.65. The molecule has 70 valence electrons. The number of ether oxygens (including phenoxy) is 1. The molecule has 0 aliphatic heterocycles. The molecule has 0 amide bonds. The van der Waals surface area contributed by atoms with Gasteiger partial charge in [-0.2, -0.15) is 0 Å². The summed E-state index contributed by atoms with van der Waals surface area (Å²) in [6.45, 7) is 0.534. The first-order valence-electron chi connectivity index (χ1n) is 4.08. The first kappa shape index (κ1) is 9.61. The van der Waals surface area contributed by atoms with Gasteiger partial charge in [0.2, 0.25) is 0 Å². The number of rotatable bonds is 3. The molecule has 0 atom stereocenters. The van der Waals surface area contributed by atoms with Gasteiger partial charge in [-0.3, -0.25) is 0 Å². The van der Waals surface area contributed by atoms with E-state index >= 15 is 0 Å². The Morgan fingerprint density at radius 2 is 2.23 bits per heavy atom. The van der Waals surface area contributed by atoms with Crippen LogP contribution in [0.4, 0.5) is 5.69 Å². The van der Waals surface area contributed by atoms with Crippen LogP contribution in [0.15, 0.2) is 24.3 Å². The normalized spacial score (nSPS) is 10.6.